The van der Waals surface area contributed by atoms with Gasteiger partial charge in [-0.15, -0.1) is 0 Å². The van der Waals surface area contributed by atoms with E-state index in [1.807, 2.05) is 0 Å². The third-order valence-electron chi connectivity index (χ3n) is 3.82. The second-order valence-electron chi connectivity index (χ2n) is 6.46. The molecule has 0 aromatic carbocycles. The van der Waals surface area contributed by atoms with Gasteiger partial charge in [0.15, 0.2) is 11.6 Å². The summed E-state index contributed by atoms with van der Waals surface area (Å²) in [6.07, 6.45) is -3.61. The summed E-state index contributed by atoms with van der Waals surface area (Å²) in [5.74, 6) is -1.65. The molecule has 4 bridgehead atoms. The number of alkyl halides is 3. The fraction of sp³-hybridized carbons (Fsp3) is 1.00. The molecule has 20 heavy (non-hydrogen) atoms. The summed E-state index contributed by atoms with van der Waals surface area (Å²) in [6.45, 7) is 5.94. The van der Waals surface area contributed by atoms with Crippen molar-refractivity contribution in [3.63, 3.8) is 0 Å². The second kappa shape index (κ2) is 3.87. The van der Waals surface area contributed by atoms with Crippen LogP contribution in [0.15, 0.2) is 0 Å². The first-order chi connectivity index (χ1) is 8.87. The van der Waals surface area contributed by atoms with E-state index in [4.69, 9.17) is 18.7 Å². The monoisotopic (exact) mass is 314 g/mol. The van der Waals surface area contributed by atoms with E-state index in [0.717, 1.165) is 0 Å². The molecule has 0 saturated carbocycles. The van der Waals surface area contributed by atoms with Crippen LogP contribution in [0.2, 0.25) is 0 Å². The van der Waals surface area contributed by atoms with Crippen LogP contribution in [0.4, 0.5) is 13.2 Å². The van der Waals surface area contributed by atoms with Gasteiger partial charge in [-0.05, 0) is 27.7 Å². The molecule has 8 heteroatoms. The normalized spacial score (nSPS) is 54.5. The van der Waals surface area contributed by atoms with E-state index in [1.165, 1.54) is 0 Å². The fourth-order valence-electron chi connectivity index (χ4n) is 3.97. The van der Waals surface area contributed by atoms with Crippen molar-refractivity contribution in [2.75, 3.05) is 6.61 Å². The molecule has 116 valence electrons. The van der Waals surface area contributed by atoms with Gasteiger partial charge in [0.05, 0.1) is 8.15 Å². The first-order valence-corrected chi connectivity index (χ1v) is 7.74. The van der Waals surface area contributed by atoms with Crippen molar-refractivity contribution in [2.45, 2.75) is 69.0 Å². The number of hydrogen-bond donors (Lipinski definition) is 0. The first kappa shape index (κ1) is 15.0. The van der Waals surface area contributed by atoms with Crippen molar-refractivity contribution >= 4 is 8.15 Å². The Morgan fingerprint density at radius 1 is 0.950 bits per heavy atom. The first-order valence-electron chi connectivity index (χ1n) is 6.48. The lowest BCUT2D eigenvalue weighted by Gasteiger charge is -2.68. The summed E-state index contributed by atoms with van der Waals surface area (Å²) in [6, 6.07) is 0. The Morgan fingerprint density at radius 2 is 1.40 bits per heavy atom. The van der Waals surface area contributed by atoms with Crippen molar-refractivity contribution < 1.29 is 31.9 Å². The Kier molecular flexibility index (Phi) is 2.90. The van der Waals surface area contributed by atoms with Crippen LogP contribution < -0.4 is 0 Å². The van der Waals surface area contributed by atoms with Crippen molar-refractivity contribution in [2.24, 2.45) is 0 Å². The lowest BCUT2D eigenvalue weighted by atomic mass is 9.98. The van der Waals surface area contributed by atoms with E-state index in [9.17, 15) is 13.2 Å². The minimum Gasteiger partial charge on any atom is -0.344 e. The van der Waals surface area contributed by atoms with Gasteiger partial charge >= 0.3 is 6.18 Å². The molecule has 4 nitrogen and oxygen atoms in total. The van der Waals surface area contributed by atoms with Gasteiger partial charge in [0, 0.05) is 12.8 Å². The molecule has 0 aromatic heterocycles. The zero-order valence-corrected chi connectivity index (χ0v) is 12.7. The van der Waals surface area contributed by atoms with Crippen molar-refractivity contribution in [3.05, 3.63) is 0 Å². The lowest BCUT2D eigenvalue weighted by molar-refractivity contribution is -0.470. The summed E-state index contributed by atoms with van der Waals surface area (Å²) < 4.78 is 60.3. The van der Waals surface area contributed by atoms with Gasteiger partial charge in [-0.25, -0.2) is 0 Å². The van der Waals surface area contributed by atoms with Gasteiger partial charge in [-0.2, -0.15) is 13.2 Å². The van der Waals surface area contributed by atoms with E-state index in [-0.39, 0.29) is 0 Å². The highest BCUT2D eigenvalue weighted by atomic mass is 31.1. The van der Waals surface area contributed by atoms with E-state index >= 15 is 0 Å². The Morgan fingerprint density at radius 3 is 1.80 bits per heavy atom. The Bertz CT molecular complexity index is 397. The molecular weight excluding hydrogens is 296 g/mol. The van der Waals surface area contributed by atoms with Gasteiger partial charge < -0.3 is 18.7 Å². The summed E-state index contributed by atoms with van der Waals surface area (Å²) in [5.41, 5.74) is 0. The third kappa shape index (κ3) is 2.28. The van der Waals surface area contributed by atoms with Crippen LogP contribution in [0.5, 0.6) is 0 Å². The minimum absolute atomic E-state index is 0.370. The maximum absolute atomic E-state index is 12.5. The maximum Gasteiger partial charge on any atom is 0.412 e. The highest BCUT2D eigenvalue weighted by Gasteiger charge is 2.72. The van der Waals surface area contributed by atoms with Crippen LogP contribution in [0.25, 0.3) is 0 Å². The molecule has 4 heterocycles. The Hall–Kier alpha value is 0.0600. The molecule has 4 aliphatic rings. The quantitative estimate of drug-likeness (QED) is 0.728. The molecule has 0 N–H and O–H groups in total. The number of hydrogen-bond acceptors (Lipinski definition) is 4. The fourth-order valence-corrected chi connectivity index (χ4v) is 7.21. The van der Waals surface area contributed by atoms with Crippen LogP contribution in [0, 0.1) is 0 Å². The van der Waals surface area contributed by atoms with Gasteiger partial charge in [-0.1, -0.05) is 0 Å². The average Bonchev–Trinajstić information content (AvgIpc) is 2.05. The molecular formula is C12H18F3O4P. The molecule has 4 aliphatic heterocycles. The predicted octanol–water partition coefficient (Wildman–Crippen LogP) is 3.70. The van der Waals surface area contributed by atoms with E-state index < -0.39 is 43.2 Å². The SMILES string of the molecule is CC12CC3(C)OC(C)(CC(C)(O1)P3OCC(F)(F)F)O2. The van der Waals surface area contributed by atoms with E-state index in [1.54, 1.807) is 27.7 Å². The van der Waals surface area contributed by atoms with Gasteiger partial charge in [-0.3, -0.25) is 0 Å². The Balaban J connectivity index is 1.90. The second-order valence-corrected chi connectivity index (χ2v) is 9.20. The molecule has 4 atom stereocenters. The lowest BCUT2D eigenvalue weighted by Crippen LogP contribution is -2.71. The minimum atomic E-state index is -4.35. The summed E-state index contributed by atoms with van der Waals surface area (Å²) in [5, 5.41) is -1.57. The van der Waals surface area contributed by atoms with Crippen LogP contribution in [-0.4, -0.2) is 35.0 Å². The van der Waals surface area contributed by atoms with Crippen molar-refractivity contribution in [1.82, 2.24) is 0 Å². The molecule has 4 fully saturated rings. The number of halogens is 3. The van der Waals surface area contributed by atoms with Crippen LogP contribution >= 0.6 is 8.15 Å². The van der Waals surface area contributed by atoms with Crippen LogP contribution in [-0.2, 0) is 18.7 Å². The Labute approximate surface area is 116 Å². The summed E-state index contributed by atoms with van der Waals surface area (Å²) in [4.78, 5) is 0. The maximum atomic E-state index is 12.5. The molecule has 0 aromatic rings. The molecule has 0 spiro atoms. The van der Waals surface area contributed by atoms with Gasteiger partial charge in [0.25, 0.3) is 0 Å². The van der Waals surface area contributed by atoms with Crippen molar-refractivity contribution in [1.29, 1.82) is 0 Å². The number of ether oxygens (including phenoxy) is 3. The predicted molar refractivity (Wildman–Crippen MR) is 65.0 cm³/mol. The van der Waals surface area contributed by atoms with Gasteiger partial charge in [0.1, 0.15) is 17.3 Å². The zero-order chi connectivity index (χ0) is 15.0. The molecule has 0 aliphatic carbocycles. The number of rotatable bonds is 2. The smallest absolute Gasteiger partial charge is 0.344 e. The standard InChI is InChI=1S/C12H18F3O4P/c1-8-5-10(3)19-9(2,17-8)6-11(4,18-8)20(10)16-7-12(13,14)15/h5-7H2,1-4H3. The molecule has 0 radical (unpaired) electrons. The topological polar surface area (TPSA) is 36.9 Å². The van der Waals surface area contributed by atoms with Gasteiger partial charge in [0.2, 0.25) is 0 Å². The molecule has 0 amide bonds. The van der Waals surface area contributed by atoms with Crippen molar-refractivity contribution in [3.8, 4) is 0 Å². The molecule has 4 unspecified atom stereocenters. The third-order valence-corrected chi connectivity index (χ3v) is 6.42. The van der Waals surface area contributed by atoms with Crippen LogP contribution in [0.1, 0.15) is 40.5 Å². The highest BCUT2D eigenvalue weighted by Crippen LogP contribution is 2.76. The molecule has 4 saturated heterocycles. The largest absolute Gasteiger partial charge is 0.412 e. The van der Waals surface area contributed by atoms with E-state index in [0.29, 0.717) is 12.8 Å². The van der Waals surface area contributed by atoms with Crippen LogP contribution in [0.3, 0.4) is 0 Å². The average molecular weight is 314 g/mol. The molecule has 4 rings (SSSR count). The summed E-state index contributed by atoms with van der Waals surface area (Å²) in [7, 11) is -1.54. The van der Waals surface area contributed by atoms with E-state index in [2.05, 4.69) is 0 Å². The summed E-state index contributed by atoms with van der Waals surface area (Å²) >= 11 is 0. The highest BCUT2D eigenvalue weighted by molar-refractivity contribution is 7.55. The zero-order valence-electron chi connectivity index (χ0n) is 11.8.